The maximum absolute atomic E-state index is 12.0. The van der Waals surface area contributed by atoms with Crippen molar-refractivity contribution in [3.05, 3.63) is 48.0 Å². The molecule has 2 aromatic carbocycles. The highest BCUT2D eigenvalue weighted by Crippen LogP contribution is 2.30. The summed E-state index contributed by atoms with van der Waals surface area (Å²) in [5.74, 6) is 0.0791. The third-order valence-electron chi connectivity index (χ3n) is 3.31. The summed E-state index contributed by atoms with van der Waals surface area (Å²) in [5.41, 5.74) is 6.95. The summed E-state index contributed by atoms with van der Waals surface area (Å²) in [6.07, 6.45) is 0. The first-order valence-corrected chi connectivity index (χ1v) is 8.25. The zero-order valence-corrected chi connectivity index (χ0v) is 14.8. The van der Waals surface area contributed by atoms with Crippen LogP contribution < -0.4 is 20.5 Å². The van der Waals surface area contributed by atoms with Gasteiger partial charge in [0.05, 0.1) is 18.8 Å². The number of nitrogens with one attached hydrogen (secondary N) is 1. The molecule has 0 radical (unpaired) electrons. The monoisotopic (exact) mass is 358 g/mol. The number of carbonyl (C=O) groups is 2. The lowest BCUT2D eigenvalue weighted by atomic mass is 10.2. The van der Waals surface area contributed by atoms with Gasteiger partial charge in [0.25, 0.3) is 5.91 Å². The van der Waals surface area contributed by atoms with E-state index in [1.165, 1.54) is 12.1 Å². The molecule has 7 nitrogen and oxygen atoms in total. The van der Waals surface area contributed by atoms with Crippen LogP contribution in [0.15, 0.2) is 42.5 Å². The van der Waals surface area contributed by atoms with Crippen molar-refractivity contribution < 1.29 is 23.8 Å². The molecule has 0 aliphatic heterocycles. The fraction of sp³-hybridized carbons (Fsp3) is 0.263. The van der Waals surface area contributed by atoms with Crippen LogP contribution in [0, 0.1) is 0 Å². The predicted octanol–water partition coefficient (Wildman–Crippen LogP) is 2.86. The van der Waals surface area contributed by atoms with Crippen molar-refractivity contribution in [1.29, 1.82) is 0 Å². The lowest BCUT2D eigenvalue weighted by molar-refractivity contribution is -0.119. The highest BCUT2D eigenvalue weighted by atomic mass is 16.5. The van der Waals surface area contributed by atoms with Gasteiger partial charge in [-0.1, -0.05) is 0 Å². The van der Waals surface area contributed by atoms with Crippen molar-refractivity contribution in [2.45, 2.75) is 13.8 Å². The molecule has 1 amide bonds. The smallest absolute Gasteiger partial charge is 0.338 e. The minimum Gasteiger partial charge on any atom is -0.490 e. The number of benzene rings is 2. The summed E-state index contributed by atoms with van der Waals surface area (Å²) in [7, 11) is 0. The van der Waals surface area contributed by atoms with Crippen LogP contribution in [0.1, 0.15) is 24.2 Å². The Morgan fingerprint density at radius 2 is 1.62 bits per heavy atom. The third-order valence-corrected chi connectivity index (χ3v) is 3.31. The Hall–Kier alpha value is -3.22. The number of carbonyl (C=O) groups excluding carboxylic acids is 2. The van der Waals surface area contributed by atoms with E-state index in [2.05, 4.69) is 5.32 Å². The molecular weight excluding hydrogens is 336 g/mol. The van der Waals surface area contributed by atoms with E-state index in [0.717, 1.165) is 0 Å². The van der Waals surface area contributed by atoms with E-state index in [-0.39, 0.29) is 0 Å². The molecule has 2 rings (SSSR count). The molecule has 26 heavy (non-hydrogen) atoms. The van der Waals surface area contributed by atoms with Gasteiger partial charge in [0.1, 0.15) is 0 Å². The van der Waals surface area contributed by atoms with Crippen LogP contribution in [-0.2, 0) is 9.53 Å². The molecule has 0 heterocycles. The van der Waals surface area contributed by atoms with Gasteiger partial charge in [-0.25, -0.2) is 4.79 Å². The Kier molecular flexibility index (Phi) is 6.84. The van der Waals surface area contributed by atoms with Crippen LogP contribution in [0.25, 0.3) is 0 Å². The molecule has 0 atom stereocenters. The molecule has 7 heteroatoms. The average molecular weight is 358 g/mol. The number of nitrogens with two attached hydrogens (primary N) is 1. The van der Waals surface area contributed by atoms with Gasteiger partial charge in [-0.05, 0) is 50.2 Å². The molecule has 0 aliphatic carbocycles. The zero-order valence-electron chi connectivity index (χ0n) is 14.8. The first-order chi connectivity index (χ1) is 12.5. The molecule has 0 fully saturated rings. The highest BCUT2D eigenvalue weighted by Gasteiger charge is 2.12. The summed E-state index contributed by atoms with van der Waals surface area (Å²) < 4.78 is 16.0. The molecule has 0 spiro atoms. The van der Waals surface area contributed by atoms with Crippen LogP contribution in [0.5, 0.6) is 11.5 Å². The van der Waals surface area contributed by atoms with Gasteiger partial charge < -0.3 is 25.3 Å². The van der Waals surface area contributed by atoms with Gasteiger partial charge in [-0.2, -0.15) is 0 Å². The predicted molar refractivity (Wildman–Crippen MR) is 98.5 cm³/mol. The van der Waals surface area contributed by atoms with E-state index >= 15 is 0 Å². The van der Waals surface area contributed by atoms with Crippen molar-refractivity contribution in [2.75, 3.05) is 30.9 Å². The van der Waals surface area contributed by atoms with Crippen LogP contribution in [0.2, 0.25) is 0 Å². The summed E-state index contributed by atoms with van der Waals surface area (Å²) >= 11 is 0. The van der Waals surface area contributed by atoms with Crippen molar-refractivity contribution in [1.82, 2.24) is 0 Å². The zero-order chi connectivity index (χ0) is 18.9. The number of anilines is 2. The van der Waals surface area contributed by atoms with E-state index < -0.39 is 18.5 Å². The summed E-state index contributed by atoms with van der Waals surface area (Å²) in [5, 5.41) is 2.65. The molecule has 2 aromatic rings. The molecule has 0 bridgehead atoms. The maximum atomic E-state index is 12.0. The minimum absolute atomic E-state index is 0.326. The molecule has 0 unspecified atom stereocenters. The van der Waals surface area contributed by atoms with Gasteiger partial charge in [-0.3, -0.25) is 4.79 Å². The minimum atomic E-state index is -0.596. The average Bonchev–Trinajstić information content (AvgIpc) is 2.63. The summed E-state index contributed by atoms with van der Waals surface area (Å²) in [4.78, 5) is 23.9. The standard InChI is InChI=1S/C19H22N2O5/c1-3-24-16-10-9-15(11-17(16)25-4-2)21-18(22)12-26-19(23)13-5-7-14(20)8-6-13/h5-11H,3-4,12,20H2,1-2H3,(H,21,22). The van der Waals surface area contributed by atoms with Gasteiger partial charge in [-0.15, -0.1) is 0 Å². The maximum Gasteiger partial charge on any atom is 0.338 e. The Balaban J connectivity index is 1.93. The van der Waals surface area contributed by atoms with Crippen molar-refractivity contribution in [3.8, 4) is 11.5 Å². The normalized spacial score (nSPS) is 10.1. The number of rotatable bonds is 8. The van der Waals surface area contributed by atoms with Gasteiger partial charge in [0.15, 0.2) is 18.1 Å². The number of hydrogen-bond donors (Lipinski definition) is 2. The van der Waals surface area contributed by atoms with E-state index in [1.807, 2.05) is 13.8 Å². The molecule has 138 valence electrons. The van der Waals surface area contributed by atoms with Crippen molar-refractivity contribution >= 4 is 23.3 Å². The van der Waals surface area contributed by atoms with Crippen molar-refractivity contribution in [2.24, 2.45) is 0 Å². The highest BCUT2D eigenvalue weighted by molar-refractivity contribution is 5.95. The second-order valence-corrected chi connectivity index (χ2v) is 5.27. The Morgan fingerprint density at radius 1 is 0.962 bits per heavy atom. The summed E-state index contributed by atoms with van der Waals surface area (Å²) in [6, 6.07) is 11.3. The second kappa shape index (κ2) is 9.31. The van der Waals surface area contributed by atoms with Crippen LogP contribution in [0.4, 0.5) is 11.4 Å². The topological polar surface area (TPSA) is 99.9 Å². The Labute approximate surface area is 152 Å². The molecule has 3 N–H and O–H groups in total. The number of nitrogen functional groups attached to an aromatic ring is 1. The van der Waals surface area contributed by atoms with Gasteiger partial charge in [0, 0.05) is 17.4 Å². The van der Waals surface area contributed by atoms with Gasteiger partial charge in [0.2, 0.25) is 0 Å². The fourth-order valence-electron chi connectivity index (χ4n) is 2.16. The lowest BCUT2D eigenvalue weighted by Crippen LogP contribution is -2.21. The van der Waals surface area contributed by atoms with Gasteiger partial charge >= 0.3 is 5.97 Å². The third kappa shape index (κ3) is 5.41. The molecule has 0 aromatic heterocycles. The van der Waals surface area contributed by atoms with E-state index in [9.17, 15) is 9.59 Å². The quantitative estimate of drug-likeness (QED) is 0.556. The first-order valence-electron chi connectivity index (χ1n) is 8.25. The second-order valence-electron chi connectivity index (χ2n) is 5.27. The first kappa shape index (κ1) is 19.1. The lowest BCUT2D eigenvalue weighted by Gasteiger charge is -2.13. The SMILES string of the molecule is CCOc1ccc(NC(=O)COC(=O)c2ccc(N)cc2)cc1OCC. The fourth-order valence-corrected chi connectivity index (χ4v) is 2.16. The van der Waals surface area contributed by atoms with E-state index in [0.29, 0.717) is 41.7 Å². The van der Waals surface area contributed by atoms with Crippen LogP contribution in [-0.4, -0.2) is 31.7 Å². The van der Waals surface area contributed by atoms with Crippen LogP contribution in [0.3, 0.4) is 0 Å². The number of hydrogen-bond acceptors (Lipinski definition) is 6. The van der Waals surface area contributed by atoms with Crippen molar-refractivity contribution in [3.63, 3.8) is 0 Å². The number of ether oxygens (including phenoxy) is 3. The number of amides is 1. The number of esters is 1. The molecule has 0 saturated heterocycles. The largest absolute Gasteiger partial charge is 0.490 e. The molecule has 0 aliphatic rings. The Morgan fingerprint density at radius 3 is 2.27 bits per heavy atom. The summed E-state index contributed by atoms with van der Waals surface area (Å²) in [6.45, 7) is 4.31. The molecule has 0 saturated carbocycles. The molecular formula is C19H22N2O5. The van der Waals surface area contributed by atoms with E-state index in [4.69, 9.17) is 19.9 Å². The van der Waals surface area contributed by atoms with E-state index in [1.54, 1.807) is 30.3 Å². The van der Waals surface area contributed by atoms with Crippen LogP contribution >= 0.6 is 0 Å². The Bertz CT molecular complexity index is 759.